The fourth-order valence-electron chi connectivity index (χ4n) is 6.65. The fraction of sp³-hybridized carbons (Fsp3) is 0.556. The van der Waals surface area contributed by atoms with Gasteiger partial charge in [0.15, 0.2) is 0 Å². The number of halogens is 2. The zero-order valence-electron chi connectivity index (χ0n) is 21.4. The second-order valence-corrected chi connectivity index (χ2v) is 11.3. The van der Waals surface area contributed by atoms with Crippen LogP contribution >= 0.6 is 0 Å². The van der Waals surface area contributed by atoms with E-state index in [2.05, 4.69) is 25.8 Å². The monoisotopic (exact) mass is 518 g/mol. The normalized spacial score (nSPS) is 26.1. The molecule has 2 aromatic rings. The molecule has 9 nitrogen and oxygen atoms in total. The van der Waals surface area contributed by atoms with Gasteiger partial charge in [0.1, 0.15) is 29.2 Å². The molecule has 3 fully saturated rings. The lowest BCUT2D eigenvalue weighted by atomic mass is 9.65. The van der Waals surface area contributed by atoms with Gasteiger partial charge in [0.05, 0.1) is 17.7 Å². The van der Waals surface area contributed by atoms with Crippen molar-refractivity contribution in [3.05, 3.63) is 35.8 Å². The highest BCUT2D eigenvalue weighted by atomic mass is 19.3. The molecule has 2 atom stereocenters. The molecule has 2 aliphatic carbocycles. The Morgan fingerprint density at radius 1 is 1.08 bits per heavy atom. The first-order valence-corrected chi connectivity index (χ1v) is 13.0. The Balaban J connectivity index is 1.32. The van der Waals surface area contributed by atoms with Gasteiger partial charge in [-0.15, -0.1) is 0 Å². The summed E-state index contributed by atoms with van der Waals surface area (Å²) in [6, 6.07) is 7.10. The van der Waals surface area contributed by atoms with E-state index in [1.54, 1.807) is 29.6 Å². The number of anilines is 3. The second kappa shape index (κ2) is 8.32. The van der Waals surface area contributed by atoms with Gasteiger partial charge in [-0.1, -0.05) is 6.42 Å². The number of nitrogens with zero attached hydrogens (tertiary/aromatic N) is 8. The lowest BCUT2D eigenvalue weighted by Gasteiger charge is -2.50. The molecular formula is C27H28F2N8O. The third-order valence-corrected chi connectivity index (χ3v) is 8.78. The number of amides is 1. The minimum absolute atomic E-state index is 0.117. The molecule has 4 heterocycles. The highest BCUT2D eigenvalue weighted by Crippen LogP contribution is 2.57. The number of carbonyl (C=O) groups excluding carboxylic acids is 1. The molecule has 4 aliphatic rings. The Bertz CT molecular complexity index is 1390. The van der Waals surface area contributed by atoms with Crippen LogP contribution in [0.4, 0.5) is 26.2 Å². The van der Waals surface area contributed by atoms with Crippen LogP contribution in [0.5, 0.6) is 0 Å². The third kappa shape index (κ3) is 3.52. The van der Waals surface area contributed by atoms with E-state index in [0.29, 0.717) is 31.0 Å². The Kier molecular flexibility index (Phi) is 5.36. The first-order valence-electron chi connectivity index (χ1n) is 13.0. The SMILES string of the molecule is C[C@@H]1CN(c2ncnc3c2C2(CCC2)CN3c2cc(C#N)ccn2)[C@@H](C)CN1C(=O)C1(C#N)CC(F)(F)C1. The maximum absolute atomic E-state index is 13.7. The minimum Gasteiger partial charge on any atom is -0.350 e. The van der Waals surface area contributed by atoms with Crippen molar-refractivity contribution in [3.63, 3.8) is 0 Å². The standard InChI is InChI=1S/C27H28F2N8O/c1-17-11-36(24(38)26(14-31)12-27(28,29)13-26)18(2)10-35(17)22-21-23(34-16-33-22)37(15-25(21)5-3-6-25)20-8-19(9-30)4-7-32-20/h4,7-8,16-18H,3,5-6,10-13,15H2,1-2H3/t17-,18+/m0/s1. The number of carbonyl (C=O) groups is 1. The summed E-state index contributed by atoms with van der Waals surface area (Å²) in [4.78, 5) is 33.1. The maximum atomic E-state index is 13.7. The highest BCUT2D eigenvalue weighted by Gasteiger charge is 2.63. The molecule has 2 aromatic heterocycles. The number of fused-ring (bicyclic) bond motifs is 2. The predicted molar refractivity (Wildman–Crippen MR) is 134 cm³/mol. The van der Waals surface area contributed by atoms with Crippen LogP contribution in [0.15, 0.2) is 24.7 Å². The van der Waals surface area contributed by atoms with Gasteiger partial charge in [0.25, 0.3) is 5.92 Å². The summed E-state index contributed by atoms with van der Waals surface area (Å²) in [5.74, 6) is -1.17. The van der Waals surface area contributed by atoms with Crippen molar-refractivity contribution >= 4 is 23.4 Å². The summed E-state index contributed by atoms with van der Waals surface area (Å²) in [5, 5.41) is 19.0. The molecular weight excluding hydrogens is 490 g/mol. The van der Waals surface area contributed by atoms with Crippen LogP contribution in [-0.4, -0.2) is 63.4 Å². The number of piperazine rings is 1. The van der Waals surface area contributed by atoms with Crippen LogP contribution in [0.1, 0.15) is 57.1 Å². The van der Waals surface area contributed by atoms with Crippen molar-refractivity contribution in [3.8, 4) is 12.1 Å². The quantitative estimate of drug-likeness (QED) is 0.605. The molecule has 2 aliphatic heterocycles. The van der Waals surface area contributed by atoms with E-state index in [9.17, 15) is 24.1 Å². The van der Waals surface area contributed by atoms with Crippen LogP contribution in [0.2, 0.25) is 0 Å². The predicted octanol–water partition coefficient (Wildman–Crippen LogP) is 3.68. The Morgan fingerprint density at radius 2 is 1.82 bits per heavy atom. The molecule has 0 aromatic carbocycles. The van der Waals surface area contributed by atoms with E-state index in [1.807, 2.05) is 19.9 Å². The van der Waals surface area contributed by atoms with E-state index in [4.69, 9.17) is 4.98 Å². The number of pyridine rings is 1. The number of alkyl halides is 2. The zero-order chi connectivity index (χ0) is 26.9. The zero-order valence-corrected chi connectivity index (χ0v) is 21.4. The summed E-state index contributed by atoms with van der Waals surface area (Å²) in [7, 11) is 0. The van der Waals surface area contributed by atoms with Crippen molar-refractivity contribution in [2.24, 2.45) is 5.41 Å². The van der Waals surface area contributed by atoms with Crippen molar-refractivity contribution in [2.75, 3.05) is 29.4 Å². The average Bonchev–Trinajstić information content (AvgIpc) is 3.24. The van der Waals surface area contributed by atoms with Gasteiger partial charge in [-0.3, -0.25) is 4.79 Å². The lowest BCUT2D eigenvalue weighted by molar-refractivity contribution is -0.176. The molecule has 1 saturated heterocycles. The largest absolute Gasteiger partial charge is 0.350 e. The highest BCUT2D eigenvalue weighted by molar-refractivity contribution is 5.87. The summed E-state index contributed by atoms with van der Waals surface area (Å²) in [6.07, 6.45) is 4.84. The van der Waals surface area contributed by atoms with E-state index in [0.717, 1.165) is 36.5 Å². The van der Waals surface area contributed by atoms with Gasteiger partial charge in [0, 0.05) is 61.7 Å². The van der Waals surface area contributed by atoms with Crippen LogP contribution < -0.4 is 9.80 Å². The molecule has 6 rings (SSSR count). The summed E-state index contributed by atoms with van der Waals surface area (Å²) >= 11 is 0. The van der Waals surface area contributed by atoms with Crippen molar-refractivity contribution in [1.29, 1.82) is 10.5 Å². The van der Waals surface area contributed by atoms with E-state index in [1.165, 1.54) is 0 Å². The first-order chi connectivity index (χ1) is 18.1. The molecule has 196 valence electrons. The van der Waals surface area contributed by atoms with E-state index >= 15 is 0 Å². The molecule has 11 heteroatoms. The molecule has 1 amide bonds. The minimum atomic E-state index is -2.96. The van der Waals surface area contributed by atoms with Gasteiger partial charge in [0.2, 0.25) is 5.91 Å². The molecule has 0 bridgehead atoms. The topological polar surface area (TPSA) is 113 Å². The third-order valence-electron chi connectivity index (χ3n) is 8.78. The summed E-state index contributed by atoms with van der Waals surface area (Å²) < 4.78 is 27.3. The molecule has 0 N–H and O–H groups in total. The number of rotatable bonds is 3. The Labute approximate surface area is 219 Å². The van der Waals surface area contributed by atoms with Crippen molar-refractivity contribution < 1.29 is 13.6 Å². The van der Waals surface area contributed by atoms with Gasteiger partial charge in [-0.25, -0.2) is 23.7 Å². The maximum Gasteiger partial charge on any atom is 0.252 e. The van der Waals surface area contributed by atoms with Crippen molar-refractivity contribution in [2.45, 2.75) is 69.4 Å². The van der Waals surface area contributed by atoms with E-state index < -0.39 is 30.1 Å². The molecule has 2 saturated carbocycles. The van der Waals surface area contributed by atoms with Crippen LogP contribution in [-0.2, 0) is 10.2 Å². The Morgan fingerprint density at radius 3 is 2.45 bits per heavy atom. The second-order valence-electron chi connectivity index (χ2n) is 11.3. The molecule has 38 heavy (non-hydrogen) atoms. The van der Waals surface area contributed by atoms with E-state index in [-0.39, 0.29) is 17.5 Å². The average molecular weight is 519 g/mol. The first kappa shape index (κ1) is 24.5. The molecule has 0 unspecified atom stereocenters. The van der Waals surface area contributed by atoms with Gasteiger partial charge >= 0.3 is 0 Å². The number of nitriles is 2. The molecule has 1 spiro atoms. The summed E-state index contributed by atoms with van der Waals surface area (Å²) in [5.41, 5.74) is -0.157. The Hall–Kier alpha value is -3.86. The fourth-order valence-corrected chi connectivity index (χ4v) is 6.65. The number of aromatic nitrogens is 3. The van der Waals surface area contributed by atoms with Gasteiger partial charge in [-0.05, 0) is 38.8 Å². The number of hydrogen-bond donors (Lipinski definition) is 0. The number of hydrogen-bond acceptors (Lipinski definition) is 8. The molecule has 0 radical (unpaired) electrons. The smallest absolute Gasteiger partial charge is 0.252 e. The van der Waals surface area contributed by atoms with Crippen LogP contribution in [0.25, 0.3) is 0 Å². The van der Waals surface area contributed by atoms with Crippen LogP contribution in [0.3, 0.4) is 0 Å². The van der Waals surface area contributed by atoms with Crippen LogP contribution in [0, 0.1) is 28.1 Å². The van der Waals surface area contributed by atoms with Gasteiger partial charge in [-0.2, -0.15) is 10.5 Å². The van der Waals surface area contributed by atoms with Crippen molar-refractivity contribution in [1.82, 2.24) is 19.9 Å². The van der Waals surface area contributed by atoms with Gasteiger partial charge < -0.3 is 14.7 Å². The summed E-state index contributed by atoms with van der Waals surface area (Å²) in [6.45, 7) is 5.37. The lowest BCUT2D eigenvalue weighted by Crippen LogP contribution is -2.64.